The number of methoxy groups -OCH3 is 1. The first-order chi connectivity index (χ1) is 15.1. The molecule has 0 amide bonds. The van der Waals surface area contributed by atoms with Crippen molar-refractivity contribution in [3.05, 3.63) is 80.1 Å². The summed E-state index contributed by atoms with van der Waals surface area (Å²) in [5.41, 5.74) is 1.71. The van der Waals surface area contributed by atoms with Crippen molar-refractivity contribution < 1.29 is 9.66 Å². The van der Waals surface area contributed by atoms with Crippen molar-refractivity contribution in [1.82, 2.24) is 30.4 Å². The lowest BCUT2D eigenvalue weighted by molar-refractivity contribution is -0.384. The molecule has 2 N–H and O–H groups in total. The molecule has 0 fully saturated rings. The largest absolute Gasteiger partial charge is 0.497 e. The van der Waals surface area contributed by atoms with E-state index >= 15 is 0 Å². The number of aromatic amines is 1. The van der Waals surface area contributed by atoms with Crippen LogP contribution < -0.4 is 15.6 Å². The van der Waals surface area contributed by atoms with Crippen LogP contribution in [0.3, 0.4) is 0 Å². The number of anilines is 2. The normalized spacial score (nSPS) is 14.3. The van der Waals surface area contributed by atoms with Crippen LogP contribution in [-0.4, -0.2) is 42.4 Å². The molecule has 1 aliphatic heterocycles. The van der Waals surface area contributed by atoms with Crippen molar-refractivity contribution in [2.45, 2.75) is 6.04 Å². The Morgan fingerprint density at radius 1 is 1.19 bits per heavy atom. The highest BCUT2D eigenvalue weighted by Gasteiger charge is 2.34. The molecule has 1 aliphatic rings. The lowest BCUT2D eigenvalue weighted by Gasteiger charge is -2.28. The highest BCUT2D eigenvalue weighted by atomic mass is 16.6. The number of nitro benzene ring substituents is 1. The first kappa shape index (κ1) is 18.4. The summed E-state index contributed by atoms with van der Waals surface area (Å²) in [7, 11) is 1.55. The SMILES string of the molecule is COc1cccc(C2c3c(-c4cccc([N+](=O)[O-])c4)n[nH]c(=O)c3Nc3nnnn32)c1. The molecule has 2 aromatic carbocycles. The highest BCUT2D eigenvalue weighted by Crippen LogP contribution is 2.41. The van der Waals surface area contributed by atoms with E-state index in [-0.39, 0.29) is 17.3 Å². The molecule has 12 heteroatoms. The maximum absolute atomic E-state index is 12.7. The van der Waals surface area contributed by atoms with Gasteiger partial charge in [-0.3, -0.25) is 14.9 Å². The van der Waals surface area contributed by atoms with E-state index in [1.54, 1.807) is 25.3 Å². The van der Waals surface area contributed by atoms with E-state index in [0.29, 0.717) is 22.6 Å². The Morgan fingerprint density at radius 3 is 2.84 bits per heavy atom. The monoisotopic (exact) mass is 418 g/mol. The average Bonchev–Trinajstić information content (AvgIpc) is 3.26. The number of nitrogens with zero attached hydrogens (tertiary/aromatic N) is 6. The summed E-state index contributed by atoms with van der Waals surface area (Å²) in [6.45, 7) is 0. The lowest BCUT2D eigenvalue weighted by atomic mass is 9.92. The van der Waals surface area contributed by atoms with Gasteiger partial charge in [-0.15, -0.1) is 0 Å². The number of nitrogens with one attached hydrogen (secondary N) is 2. The number of rotatable bonds is 4. The molecule has 4 aromatic rings. The van der Waals surface area contributed by atoms with Crippen LogP contribution in [0.1, 0.15) is 17.2 Å². The van der Waals surface area contributed by atoms with Gasteiger partial charge in [0.15, 0.2) is 0 Å². The number of hydrogen-bond acceptors (Lipinski definition) is 9. The Morgan fingerprint density at radius 2 is 2.03 bits per heavy atom. The first-order valence-electron chi connectivity index (χ1n) is 9.13. The van der Waals surface area contributed by atoms with Crippen LogP contribution in [0.5, 0.6) is 5.75 Å². The fourth-order valence-electron chi connectivity index (χ4n) is 3.64. The van der Waals surface area contributed by atoms with E-state index in [1.165, 1.54) is 16.8 Å². The Bertz CT molecular complexity index is 1380. The first-order valence-corrected chi connectivity index (χ1v) is 9.13. The fourth-order valence-corrected chi connectivity index (χ4v) is 3.64. The zero-order chi connectivity index (χ0) is 21.5. The average molecular weight is 418 g/mol. The Labute approximate surface area is 173 Å². The van der Waals surface area contributed by atoms with Gasteiger partial charge in [0.2, 0.25) is 5.95 Å². The topological polar surface area (TPSA) is 154 Å². The summed E-state index contributed by atoms with van der Waals surface area (Å²) in [5, 5.41) is 32.7. The van der Waals surface area contributed by atoms with E-state index in [0.717, 1.165) is 5.56 Å². The molecule has 31 heavy (non-hydrogen) atoms. The number of nitro groups is 1. The third-order valence-corrected chi connectivity index (χ3v) is 5.01. The molecule has 12 nitrogen and oxygen atoms in total. The fraction of sp³-hybridized carbons (Fsp3) is 0.105. The second kappa shape index (κ2) is 7.02. The molecule has 0 saturated carbocycles. The predicted octanol–water partition coefficient (Wildman–Crippen LogP) is 2.03. The molecular formula is C19H14N8O4. The number of hydrogen-bond donors (Lipinski definition) is 2. The van der Waals surface area contributed by atoms with E-state index in [4.69, 9.17) is 4.74 Å². The molecule has 0 spiro atoms. The zero-order valence-corrected chi connectivity index (χ0v) is 16.0. The van der Waals surface area contributed by atoms with E-state index in [1.807, 2.05) is 18.2 Å². The molecular weight excluding hydrogens is 404 g/mol. The molecule has 1 unspecified atom stereocenters. The van der Waals surface area contributed by atoms with Crippen molar-refractivity contribution in [1.29, 1.82) is 0 Å². The van der Waals surface area contributed by atoms with E-state index < -0.39 is 16.5 Å². The highest BCUT2D eigenvalue weighted by molar-refractivity contribution is 5.76. The van der Waals surface area contributed by atoms with Crippen molar-refractivity contribution in [3.8, 4) is 17.0 Å². The number of benzene rings is 2. The summed E-state index contributed by atoms with van der Waals surface area (Å²) in [6.07, 6.45) is 0. The van der Waals surface area contributed by atoms with Gasteiger partial charge in [0, 0.05) is 23.3 Å². The summed E-state index contributed by atoms with van der Waals surface area (Å²) >= 11 is 0. The van der Waals surface area contributed by atoms with Crippen molar-refractivity contribution >= 4 is 17.3 Å². The minimum Gasteiger partial charge on any atom is -0.497 e. The number of non-ortho nitro benzene ring substituents is 1. The van der Waals surface area contributed by atoms with Crippen molar-refractivity contribution in [2.75, 3.05) is 12.4 Å². The second-order valence-electron chi connectivity index (χ2n) is 6.75. The summed E-state index contributed by atoms with van der Waals surface area (Å²) < 4.78 is 6.88. The van der Waals surface area contributed by atoms with Crippen molar-refractivity contribution in [2.24, 2.45) is 0 Å². The maximum atomic E-state index is 12.7. The van der Waals surface area contributed by atoms with Crippen molar-refractivity contribution in [3.63, 3.8) is 0 Å². The third-order valence-electron chi connectivity index (χ3n) is 5.01. The smallest absolute Gasteiger partial charge is 0.288 e. The summed E-state index contributed by atoms with van der Waals surface area (Å²) in [5.74, 6) is 0.893. The van der Waals surface area contributed by atoms with Crippen LogP contribution in [0, 0.1) is 10.1 Å². The molecule has 2 aromatic heterocycles. The standard InChI is InChI=1S/C19H14N8O4/c1-31-13-7-3-5-11(9-13)17-14-15(10-4-2-6-12(8-10)27(29)30)21-22-18(28)16(14)20-19-23-24-25-26(17)19/h2-9,17H,1H3,(H,22,28)(H,20,23,25). The van der Waals surface area contributed by atoms with Gasteiger partial charge in [0.1, 0.15) is 17.5 Å². The molecule has 5 rings (SSSR count). The number of fused-ring (bicyclic) bond motifs is 2. The molecule has 0 bridgehead atoms. The van der Waals surface area contributed by atoms with Gasteiger partial charge in [-0.25, -0.2) is 5.10 Å². The lowest BCUT2D eigenvalue weighted by Crippen LogP contribution is -2.29. The Hall–Kier alpha value is -4.61. The van der Waals surface area contributed by atoms with Crippen LogP contribution in [-0.2, 0) is 0 Å². The Balaban J connectivity index is 1.80. The predicted molar refractivity (Wildman–Crippen MR) is 108 cm³/mol. The quantitative estimate of drug-likeness (QED) is 0.329. The van der Waals surface area contributed by atoms with Gasteiger partial charge < -0.3 is 10.1 Å². The molecule has 3 heterocycles. The van der Waals surface area contributed by atoms with Gasteiger partial charge in [-0.05, 0) is 28.1 Å². The van der Waals surface area contributed by atoms with Gasteiger partial charge in [0.05, 0.1) is 17.7 Å². The molecule has 0 radical (unpaired) electrons. The van der Waals surface area contributed by atoms with Gasteiger partial charge in [-0.2, -0.15) is 9.78 Å². The van der Waals surface area contributed by atoms with Crippen LogP contribution in [0.25, 0.3) is 11.3 Å². The third kappa shape index (κ3) is 2.97. The number of H-pyrrole nitrogens is 1. The molecule has 1 atom stereocenters. The molecule has 154 valence electrons. The van der Waals surface area contributed by atoms with Crippen LogP contribution in [0.2, 0.25) is 0 Å². The second-order valence-corrected chi connectivity index (χ2v) is 6.75. The van der Waals surface area contributed by atoms with Crippen LogP contribution in [0.15, 0.2) is 53.3 Å². The number of tetrazole rings is 1. The van der Waals surface area contributed by atoms with Gasteiger partial charge in [-0.1, -0.05) is 29.4 Å². The molecule has 0 aliphatic carbocycles. The van der Waals surface area contributed by atoms with Crippen LogP contribution in [0.4, 0.5) is 17.3 Å². The van der Waals surface area contributed by atoms with Gasteiger partial charge >= 0.3 is 0 Å². The minimum atomic E-state index is -0.625. The van der Waals surface area contributed by atoms with Gasteiger partial charge in [0.25, 0.3) is 11.2 Å². The maximum Gasteiger partial charge on any atom is 0.288 e. The zero-order valence-electron chi connectivity index (χ0n) is 16.0. The van der Waals surface area contributed by atoms with E-state index in [9.17, 15) is 14.9 Å². The Kier molecular flexibility index (Phi) is 4.17. The number of aromatic nitrogens is 6. The van der Waals surface area contributed by atoms with Crippen LogP contribution >= 0.6 is 0 Å². The van der Waals surface area contributed by atoms with E-state index in [2.05, 4.69) is 31.0 Å². The summed E-state index contributed by atoms with van der Waals surface area (Å²) in [6, 6.07) is 12.7. The number of ether oxygens (including phenoxy) is 1. The minimum absolute atomic E-state index is 0.0935. The molecule has 0 saturated heterocycles. The summed E-state index contributed by atoms with van der Waals surface area (Å²) in [4.78, 5) is 23.5.